The summed E-state index contributed by atoms with van der Waals surface area (Å²) in [6, 6.07) is 18.9. The molecule has 3 aliphatic heterocycles. The minimum Gasteiger partial charge on any atom is -0.507 e. The van der Waals surface area contributed by atoms with Crippen LogP contribution in [0.4, 0.5) is 0 Å². The molecule has 0 spiro atoms. The summed E-state index contributed by atoms with van der Waals surface area (Å²) in [5.41, 5.74) is 8.89. The van der Waals surface area contributed by atoms with Gasteiger partial charge in [-0.15, -0.1) is 0 Å². The lowest BCUT2D eigenvalue weighted by Gasteiger charge is -2.43. The fraction of sp³-hybridized carbons (Fsp3) is 0.500. The van der Waals surface area contributed by atoms with E-state index in [1.54, 1.807) is 43.2 Å². The van der Waals surface area contributed by atoms with Gasteiger partial charge in [0.25, 0.3) is 0 Å². The van der Waals surface area contributed by atoms with Crippen molar-refractivity contribution in [2.24, 2.45) is 11.8 Å². The highest BCUT2D eigenvalue weighted by Crippen LogP contribution is 2.61. The molecule has 8 atom stereocenters. The molecule has 0 radical (unpaired) electrons. The van der Waals surface area contributed by atoms with Gasteiger partial charge < -0.3 is 50.2 Å². The van der Waals surface area contributed by atoms with E-state index in [4.69, 9.17) is 9.15 Å². The van der Waals surface area contributed by atoms with Gasteiger partial charge in [0.2, 0.25) is 11.2 Å². The van der Waals surface area contributed by atoms with E-state index >= 15 is 4.79 Å². The zero-order chi connectivity index (χ0) is 53.2. The molecule has 5 aromatic carbocycles. The highest BCUT2D eigenvalue weighted by Gasteiger charge is 2.47. The molecule has 11 nitrogen and oxygen atoms in total. The third kappa shape index (κ3) is 9.87. The predicted octanol–water partition coefficient (Wildman–Crippen LogP) is 12.6. The minimum absolute atomic E-state index is 0.00563. The van der Waals surface area contributed by atoms with Gasteiger partial charge in [0, 0.05) is 72.1 Å². The number of hydrogen-bond donors (Lipinski definition) is 8. The Morgan fingerprint density at radius 2 is 1.66 bits per heavy atom. The maximum absolute atomic E-state index is 15.6. The first-order valence-corrected chi connectivity index (χ1v) is 33.0. The van der Waals surface area contributed by atoms with E-state index in [0.29, 0.717) is 72.6 Å². The second kappa shape index (κ2) is 22.5. The number of aromatic hydroxyl groups is 3. The Balaban J connectivity index is 1.07. The molecule has 1 aromatic heterocycles. The monoisotopic (exact) mass is 1120 g/mol. The molecule has 2 fully saturated rings. The SMILES string of the molecule is CC(C)Cc1cc(-c2oc3cc(O)c4c(c3c(=O)c2O)OC2CC3c5c-4cc4c6c(ccc(c56)C(SSCCCC2O)C3O)CC(CCCO)C4CCO)c2c(c1O)Cc1cccc(c1)C(NC1CCCCC1)CSSC2. The van der Waals surface area contributed by atoms with E-state index in [9.17, 15) is 35.7 Å². The molecule has 6 aliphatic rings. The number of aliphatic hydroxyl groups excluding tert-OH is 4. The number of rotatable bonds is 10. The summed E-state index contributed by atoms with van der Waals surface area (Å²) in [6.07, 6.45) is 8.13. The van der Waals surface area contributed by atoms with Crippen LogP contribution in [0.3, 0.4) is 0 Å². The molecule has 408 valence electrons. The third-order valence-corrected chi connectivity index (χ3v) is 22.9. The Bertz CT molecular complexity index is 3280. The zero-order valence-corrected chi connectivity index (χ0v) is 47.2. The molecule has 6 aromatic rings. The number of benzene rings is 5. The van der Waals surface area contributed by atoms with Gasteiger partial charge >= 0.3 is 0 Å². The fourth-order valence-electron chi connectivity index (χ4n) is 14.1. The van der Waals surface area contributed by atoms with Gasteiger partial charge in [-0.3, -0.25) is 4.79 Å². The second-order valence-electron chi connectivity index (χ2n) is 23.1. The van der Waals surface area contributed by atoms with Gasteiger partial charge in [0.1, 0.15) is 34.3 Å². The van der Waals surface area contributed by atoms with Crippen molar-refractivity contribution in [3.63, 3.8) is 0 Å². The quantitative estimate of drug-likeness (QED) is 0.0604. The first kappa shape index (κ1) is 53.6. The van der Waals surface area contributed by atoms with E-state index in [0.717, 1.165) is 68.5 Å². The van der Waals surface area contributed by atoms with E-state index in [1.165, 1.54) is 43.7 Å². The maximum Gasteiger partial charge on any atom is 0.238 e. The van der Waals surface area contributed by atoms with Crippen molar-refractivity contribution in [3.8, 4) is 45.4 Å². The van der Waals surface area contributed by atoms with Crippen LogP contribution in [0.1, 0.15) is 158 Å². The van der Waals surface area contributed by atoms with Crippen molar-refractivity contribution in [2.45, 2.75) is 157 Å². The predicted molar refractivity (Wildman–Crippen MR) is 314 cm³/mol. The smallest absolute Gasteiger partial charge is 0.238 e. The Hall–Kier alpha value is -4.03. The van der Waals surface area contributed by atoms with Crippen molar-refractivity contribution in [3.05, 3.63) is 115 Å². The Kier molecular flexibility index (Phi) is 15.7. The Morgan fingerprint density at radius 3 is 2.47 bits per heavy atom. The molecule has 12 rings (SSSR count). The van der Waals surface area contributed by atoms with Crippen LogP contribution in [-0.2, 0) is 25.0 Å². The van der Waals surface area contributed by atoms with E-state index < -0.39 is 35.4 Å². The van der Waals surface area contributed by atoms with Crippen LogP contribution in [0.5, 0.6) is 23.0 Å². The average Bonchev–Trinajstić information content (AvgIpc) is 3.63. The molecular formula is C62H71NO10S4. The molecule has 0 amide bonds. The van der Waals surface area contributed by atoms with E-state index in [2.05, 4.69) is 61.6 Å². The van der Waals surface area contributed by atoms with Crippen LogP contribution in [0, 0.1) is 11.8 Å². The molecule has 1 saturated carbocycles. The summed E-state index contributed by atoms with van der Waals surface area (Å²) in [6.45, 7) is 4.19. The zero-order valence-electron chi connectivity index (χ0n) is 43.9. The Labute approximate surface area is 466 Å². The number of phenolic OH excluding ortho intramolecular Hbond substituents is 2. The van der Waals surface area contributed by atoms with E-state index in [-0.39, 0.29) is 88.2 Å². The molecule has 1 saturated heterocycles. The topological polar surface area (TPSA) is 193 Å². The molecule has 15 heteroatoms. The van der Waals surface area contributed by atoms with Gasteiger partial charge in [-0.25, -0.2) is 0 Å². The van der Waals surface area contributed by atoms with Crippen LogP contribution < -0.4 is 15.5 Å². The van der Waals surface area contributed by atoms with Crippen molar-refractivity contribution in [1.29, 1.82) is 0 Å². The number of fused-ring (bicyclic) bond motifs is 10. The van der Waals surface area contributed by atoms with Crippen LogP contribution >= 0.6 is 43.2 Å². The second-order valence-corrected chi connectivity index (χ2v) is 28.2. The van der Waals surface area contributed by atoms with Crippen LogP contribution in [-0.4, -0.2) is 84.8 Å². The van der Waals surface area contributed by atoms with Crippen molar-refractivity contribution in [2.75, 3.05) is 24.7 Å². The summed E-state index contributed by atoms with van der Waals surface area (Å²) < 4.78 is 13.9. The van der Waals surface area contributed by atoms with Gasteiger partial charge in [-0.05, 0) is 155 Å². The number of aliphatic hydroxyl groups is 4. The summed E-state index contributed by atoms with van der Waals surface area (Å²) >= 11 is 0. The maximum atomic E-state index is 15.6. The third-order valence-electron chi connectivity index (χ3n) is 17.7. The lowest BCUT2D eigenvalue weighted by atomic mass is 9.65. The average molecular weight is 1120 g/mol. The number of hydrogen-bond acceptors (Lipinski definition) is 15. The highest BCUT2D eigenvalue weighted by atomic mass is 33.1. The van der Waals surface area contributed by atoms with Gasteiger partial charge in [0.15, 0.2) is 5.76 Å². The first-order valence-electron chi connectivity index (χ1n) is 28.1. The molecular weight excluding hydrogens is 1050 g/mol. The molecule has 8 N–H and O–H groups in total. The normalized spacial score (nSPS) is 25.4. The fourth-order valence-corrected chi connectivity index (χ4v) is 19.3. The van der Waals surface area contributed by atoms with Crippen LogP contribution in [0.2, 0.25) is 0 Å². The van der Waals surface area contributed by atoms with Crippen LogP contribution in [0.15, 0.2) is 63.8 Å². The highest BCUT2D eigenvalue weighted by molar-refractivity contribution is 8.77. The van der Waals surface area contributed by atoms with Crippen molar-refractivity contribution >= 4 is 64.9 Å². The summed E-state index contributed by atoms with van der Waals surface area (Å²) in [5, 5.41) is 89.0. The van der Waals surface area contributed by atoms with Gasteiger partial charge in [0.05, 0.1) is 23.0 Å². The number of nitrogens with one attached hydrogen (secondary N) is 1. The number of phenols is 2. The van der Waals surface area contributed by atoms with E-state index in [1.807, 2.05) is 6.07 Å². The lowest BCUT2D eigenvalue weighted by Crippen LogP contribution is -2.39. The molecule has 4 heterocycles. The number of ether oxygens (including phenoxy) is 1. The summed E-state index contributed by atoms with van der Waals surface area (Å²) in [7, 11) is 6.78. The standard InChI is InChI=1S/C62H71NO10S4/c1-31(2)21-36-25-42(45-29-75-76-30-46(63-37-12-4-3-5-13-37)34-10-6-9-32(22-34)23-41(45)56(36)68)60-59(71)58(70)55-50(73-60)28-48(67)53-43-26-40-38(17-19-65)33(11-7-18-64)24-35-15-16-39-54(51(35)40)52(43)44-27-49(72-61(53)55)47(66)14-8-20-74-77-62(39)57(44)69/h6,9-10,15-16,22,25-26,28,31,33,37-38,44,46-47,49,57,62-69,71H,3-5,7-8,11-14,17-21,23-24,27,29-30H2,1-2H3. The van der Waals surface area contributed by atoms with Crippen molar-refractivity contribution < 1.29 is 44.9 Å². The van der Waals surface area contributed by atoms with Gasteiger partial charge in [-0.2, -0.15) is 0 Å². The first-order chi connectivity index (χ1) is 37.4. The van der Waals surface area contributed by atoms with Gasteiger partial charge in [-0.1, -0.05) is 113 Å². The van der Waals surface area contributed by atoms with Crippen LogP contribution in [0.25, 0.3) is 44.2 Å². The molecule has 3 aliphatic carbocycles. The lowest BCUT2D eigenvalue weighted by molar-refractivity contribution is 0.00975. The largest absolute Gasteiger partial charge is 0.507 e. The minimum atomic E-state index is -0.999. The molecule has 77 heavy (non-hydrogen) atoms. The molecule has 5 bridgehead atoms. The van der Waals surface area contributed by atoms with Crippen molar-refractivity contribution in [1.82, 2.24) is 5.32 Å². The molecule has 8 unspecified atom stereocenters. The summed E-state index contributed by atoms with van der Waals surface area (Å²) in [5.74, 6) is 0.904. The Morgan fingerprint density at radius 1 is 0.818 bits per heavy atom. The summed E-state index contributed by atoms with van der Waals surface area (Å²) in [4.78, 5) is 15.6.